The Kier molecular flexibility index (Phi) is 40.2. The average Bonchev–Trinajstić information content (AvgIpc) is 3.12. The first-order valence-corrected chi connectivity index (χ1v) is 22.3. The predicted octanol–water partition coefficient (Wildman–Crippen LogP) is 12.8. The van der Waals surface area contributed by atoms with E-state index in [0.717, 1.165) is 44.9 Å². The van der Waals surface area contributed by atoms with Gasteiger partial charge in [-0.3, -0.25) is 4.79 Å². The summed E-state index contributed by atoms with van der Waals surface area (Å²) in [6, 6.07) is -0.762. The molecule has 3 unspecified atom stereocenters. The maximum absolute atomic E-state index is 12.4. The molecule has 0 radical (unpaired) electrons. The van der Waals surface area contributed by atoms with Gasteiger partial charge in [0.25, 0.3) is 0 Å². The summed E-state index contributed by atoms with van der Waals surface area (Å²) in [5, 5.41) is 33.2. The van der Waals surface area contributed by atoms with Crippen molar-refractivity contribution in [2.75, 3.05) is 6.61 Å². The molecule has 0 saturated heterocycles. The highest BCUT2D eigenvalue weighted by molar-refractivity contribution is 5.76. The van der Waals surface area contributed by atoms with Crippen molar-refractivity contribution in [2.45, 2.75) is 244 Å². The van der Waals surface area contributed by atoms with Crippen LogP contribution >= 0.6 is 0 Å². The van der Waals surface area contributed by atoms with Gasteiger partial charge in [-0.05, 0) is 57.8 Å². The number of rotatable bonds is 40. The molecule has 0 bridgehead atoms. The van der Waals surface area contributed by atoms with Crippen molar-refractivity contribution in [3.63, 3.8) is 0 Å². The van der Waals surface area contributed by atoms with Gasteiger partial charge < -0.3 is 20.6 Å². The quantitative estimate of drug-likeness (QED) is 0.0375. The number of amides is 1. The van der Waals surface area contributed by atoms with Crippen LogP contribution in [0.5, 0.6) is 0 Å². The van der Waals surface area contributed by atoms with Gasteiger partial charge in [0.05, 0.1) is 31.3 Å². The fraction of sp³-hybridized carbons (Fsp3) is 0.848. The number of nitrogens with one attached hydrogen (secondary N) is 1. The van der Waals surface area contributed by atoms with E-state index in [4.69, 9.17) is 0 Å². The van der Waals surface area contributed by atoms with Crippen LogP contribution in [0.1, 0.15) is 226 Å². The van der Waals surface area contributed by atoms with E-state index in [-0.39, 0.29) is 18.9 Å². The minimum atomic E-state index is -0.953. The molecular weight excluding hydrogens is 631 g/mol. The molecule has 0 aromatic rings. The van der Waals surface area contributed by atoms with Crippen LogP contribution < -0.4 is 5.32 Å². The van der Waals surface area contributed by atoms with E-state index in [1.807, 2.05) is 6.08 Å². The lowest BCUT2D eigenvalue weighted by Gasteiger charge is -2.20. The third-order valence-corrected chi connectivity index (χ3v) is 10.1. The summed E-state index contributed by atoms with van der Waals surface area (Å²) in [6.07, 6.45) is 51.4. The molecule has 51 heavy (non-hydrogen) atoms. The number of allylic oxidation sites excluding steroid dienone is 5. The van der Waals surface area contributed by atoms with Gasteiger partial charge in [-0.2, -0.15) is 0 Å². The molecule has 3 atom stereocenters. The molecule has 1 amide bonds. The monoisotopic (exact) mass is 718 g/mol. The largest absolute Gasteiger partial charge is 0.394 e. The van der Waals surface area contributed by atoms with Crippen LogP contribution in [0.25, 0.3) is 0 Å². The number of hydrogen-bond donors (Lipinski definition) is 4. The molecule has 0 aromatic carbocycles. The molecule has 0 heterocycles. The molecule has 5 nitrogen and oxygen atoms in total. The first kappa shape index (κ1) is 49.6. The Morgan fingerprint density at radius 1 is 0.490 bits per heavy atom. The van der Waals surface area contributed by atoms with Gasteiger partial charge in [-0.25, -0.2) is 0 Å². The highest BCUT2D eigenvalue weighted by atomic mass is 16.3. The highest BCUT2D eigenvalue weighted by Crippen LogP contribution is 2.14. The third-order valence-electron chi connectivity index (χ3n) is 10.1. The second-order valence-corrected chi connectivity index (χ2v) is 15.3. The molecule has 0 saturated carbocycles. The number of carbonyl (C=O) groups is 1. The van der Waals surface area contributed by atoms with Gasteiger partial charge in [0.2, 0.25) is 5.91 Å². The number of carbonyl (C=O) groups excluding carboxylic acids is 1. The molecule has 300 valence electrons. The van der Waals surface area contributed by atoms with Crippen molar-refractivity contribution < 1.29 is 20.1 Å². The molecule has 0 aliphatic heterocycles. The van der Waals surface area contributed by atoms with Crippen LogP contribution in [0.4, 0.5) is 0 Å². The lowest BCUT2D eigenvalue weighted by molar-refractivity contribution is -0.124. The van der Waals surface area contributed by atoms with E-state index >= 15 is 0 Å². The Hall–Kier alpha value is -1.43. The Balaban J connectivity index is 3.72. The maximum atomic E-state index is 12.4. The SMILES string of the molecule is CCCCCCCCCCCC/C=C\CCCCCCCC(O)CC(=O)NC(CO)C(O)/C=C/CC/C=C/CCCCCCCCCCCCC. The average molecular weight is 718 g/mol. The summed E-state index contributed by atoms with van der Waals surface area (Å²) in [7, 11) is 0. The predicted molar refractivity (Wildman–Crippen MR) is 222 cm³/mol. The van der Waals surface area contributed by atoms with Gasteiger partial charge in [-0.15, -0.1) is 0 Å². The minimum absolute atomic E-state index is 0.000690. The molecule has 0 fully saturated rings. The van der Waals surface area contributed by atoms with Crippen LogP contribution in [0.15, 0.2) is 36.5 Å². The van der Waals surface area contributed by atoms with Crippen LogP contribution in [0, 0.1) is 0 Å². The zero-order chi connectivity index (χ0) is 37.3. The smallest absolute Gasteiger partial charge is 0.222 e. The summed E-state index contributed by atoms with van der Waals surface area (Å²) in [5.41, 5.74) is 0. The van der Waals surface area contributed by atoms with Gasteiger partial charge >= 0.3 is 0 Å². The summed E-state index contributed by atoms with van der Waals surface area (Å²) in [4.78, 5) is 12.4. The Morgan fingerprint density at radius 2 is 0.843 bits per heavy atom. The molecule has 0 aliphatic carbocycles. The van der Waals surface area contributed by atoms with Gasteiger partial charge in [0, 0.05) is 0 Å². The van der Waals surface area contributed by atoms with Crippen molar-refractivity contribution in [1.82, 2.24) is 5.32 Å². The summed E-state index contributed by atoms with van der Waals surface area (Å²) in [6.45, 7) is 4.20. The van der Waals surface area contributed by atoms with Crippen molar-refractivity contribution in [1.29, 1.82) is 0 Å². The summed E-state index contributed by atoms with van der Waals surface area (Å²) in [5.74, 6) is -0.330. The third kappa shape index (κ3) is 38.1. The van der Waals surface area contributed by atoms with Crippen LogP contribution in [-0.2, 0) is 4.79 Å². The standard InChI is InChI=1S/C46H87NO4/c1-3-5-7-9-11-13-15-17-19-21-22-24-25-27-29-31-33-35-37-39-43(49)41-46(51)47-44(42-48)45(50)40-38-36-34-32-30-28-26-23-20-18-16-14-12-10-8-6-4-2/h24-25,30,32,38,40,43-45,48-50H,3-23,26-29,31,33-37,39,41-42H2,1-2H3,(H,47,51)/b25-24-,32-30+,40-38+. The summed E-state index contributed by atoms with van der Waals surface area (Å²) >= 11 is 0. The first-order chi connectivity index (χ1) is 25.0. The highest BCUT2D eigenvalue weighted by Gasteiger charge is 2.20. The molecule has 0 aliphatic rings. The molecule has 5 heteroatoms. The minimum Gasteiger partial charge on any atom is -0.394 e. The second kappa shape index (κ2) is 41.3. The lowest BCUT2D eigenvalue weighted by Crippen LogP contribution is -2.45. The maximum Gasteiger partial charge on any atom is 0.222 e. The lowest BCUT2D eigenvalue weighted by atomic mass is 10.0. The van der Waals surface area contributed by atoms with E-state index in [1.54, 1.807) is 6.08 Å². The van der Waals surface area contributed by atoms with Gasteiger partial charge in [0.1, 0.15) is 0 Å². The van der Waals surface area contributed by atoms with Crippen molar-refractivity contribution in [3.05, 3.63) is 36.5 Å². The van der Waals surface area contributed by atoms with E-state index in [2.05, 4.69) is 43.5 Å². The van der Waals surface area contributed by atoms with Gasteiger partial charge in [0.15, 0.2) is 0 Å². The number of hydrogen-bond acceptors (Lipinski definition) is 4. The normalized spacial score (nSPS) is 13.9. The first-order valence-electron chi connectivity index (χ1n) is 22.3. The zero-order valence-corrected chi connectivity index (χ0v) is 34.0. The topological polar surface area (TPSA) is 89.8 Å². The van der Waals surface area contributed by atoms with E-state index in [0.29, 0.717) is 6.42 Å². The van der Waals surface area contributed by atoms with Crippen molar-refractivity contribution >= 4 is 5.91 Å². The molecule has 4 N–H and O–H groups in total. The van der Waals surface area contributed by atoms with Crippen LogP contribution in [0.2, 0.25) is 0 Å². The summed E-state index contributed by atoms with van der Waals surface area (Å²) < 4.78 is 0. The molecule has 0 aromatic heterocycles. The van der Waals surface area contributed by atoms with Crippen molar-refractivity contribution in [3.8, 4) is 0 Å². The zero-order valence-electron chi connectivity index (χ0n) is 34.0. The number of unbranched alkanes of at least 4 members (excludes halogenated alkanes) is 27. The number of aliphatic hydroxyl groups is 3. The van der Waals surface area contributed by atoms with Crippen LogP contribution in [0.3, 0.4) is 0 Å². The Labute approximate surface area is 317 Å². The fourth-order valence-electron chi connectivity index (χ4n) is 6.70. The van der Waals surface area contributed by atoms with Gasteiger partial charge in [-0.1, -0.05) is 198 Å². The Morgan fingerprint density at radius 3 is 1.25 bits per heavy atom. The van der Waals surface area contributed by atoms with Crippen molar-refractivity contribution in [2.24, 2.45) is 0 Å². The van der Waals surface area contributed by atoms with E-state index < -0.39 is 18.2 Å². The van der Waals surface area contributed by atoms with E-state index in [1.165, 1.54) is 154 Å². The Bertz CT molecular complexity index is 794. The second-order valence-electron chi connectivity index (χ2n) is 15.3. The molecular formula is C46H87NO4. The van der Waals surface area contributed by atoms with Crippen LogP contribution in [-0.4, -0.2) is 46.1 Å². The molecule has 0 rings (SSSR count). The fourth-order valence-corrected chi connectivity index (χ4v) is 6.70. The molecule has 0 spiro atoms. The van der Waals surface area contributed by atoms with E-state index in [9.17, 15) is 20.1 Å². The number of aliphatic hydroxyl groups excluding tert-OH is 3.